The van der Waals surface area contributed by atoms with Crippen LogP contribution in [0.15, 0.2) is 65.7 Å². The van der Waals surface area contributed by atoms with Gasteiger partial charge in [0.2, 0.25) is 0 Å². The number of aryl methyl sites for hydroxylation is 1. The Balaban J connectivity index is 1.35. The van der Waals surface area contributed by atoms with Crippen LogP contribution in [-0.4, -0.2) is 40.7 Å². The summed E-state index contributed by atoms with van der Waals surface area (Å²) in [6.07, 6.45) is 4.81. The summed E-state index contributed by atoms with van der Waals surface area (Å²) in [5.41, 5.74) is 2.57. The van der Waals surface area contributed by atoms with Crippen LogP contribution >= 0.6 is 0 Å². The van der Waals surface area contributed by atoms with Crippen LogP contribution < -0.4 is 15.0 Å². The molecule has 29 heavy (non-hydrogen) atoms. The van der Waals surface area contributed by atoms with E-state index in [1.165, 1.54) is 25.6 Å². The van der Waals surface area contributed by atoms with Crippen molar-refractivity contribution in [1.82, 2.24) is 14.5 Å². The van der Waals surface area contributed by atoms with E-state index in [9.17, 15) is 4.79 Å². The molecule has 1 saturated heterocycles. The molecule has 0 aliphatic carbocycles. The first kappa shape index (κ1) is 19.2. The zero-order chi connectivity index (χ0) is 20.1. The van der Waals surface area contributed by atoms with E-state index in [4.69, 9.17) is 9.47 Å². The number of hydrogen-bond acceptors (Lipinski definition) is 5. The third-order valence-corrected chi connectivity index (χ3v) is 4.99. The van der Waals surface area contributed by atoms with Gasteiger partial charge in [-0.15, -0.1) is 0 Å². The molecule has 0 bridgehead atoms. The second kappa shape index (κ2) is 8.92. The number of benzene rings is 1. The summed E-state index contributed by atoms with van der Waals surface area (Å²) >= 11 is 0. The van der Waals surface area contributed by atoms with Gasteiger partial charge in [-0.25, -0.2) is 0 Å². The summed E-state index contributed by atoms with van der Waals surface area (Å²) < 4.78 is 13.1. The van der Waals surface area contributed by atoms with Crippen molar-refractivity contribution in [2.45, 2.75) is 20.0 Å². The van der Waals surface area contributed by atoms with E-state index in [-0.39, 0.29) is 5.56 Å². The van der Waals surface area contributed by atoms with E-state index in [2.05, 4.69) is 9.88 Å². The lowest BCUT2D eigenvalue weighted by Crippen LogP contribution is -2.39. The van der Waals surface area contributed by atoms with E-state index >= 15 is 0 Å². The van der Waals surface area contributed by atoms with E-state index in [0.717, 1.165) is 29.2 Å². The molecule has 0 N–H and O–H groups in total. The molecule has 3 aromatic rings. The highest BCUT2D eigenvalue weighted by atomic mass is 16.5. The number of hydrogen-bond donors (Lipinski definition) is 0. The smallest absolute Gasteiger partial charge is 0.258 e. The molecule has 2 aromatic heterocycles. The van der Waals surface area contributed by atoms with Crippen molar-refractivity contribution in [1.29, 1.82) is 0 Å². The first-order valence-electron chi connectivity index (χ1n) is 9.90. The van der Waals surface area contributed by atoms with E-state index in [0.29, 0.717) is 19.0 Å². The lowest BCUT2D eigenvalue weighted by molar-refractivity contribution is 0.147. The number of pyridine rings is 2. The van der Waals surface area contributed by atoms with Gasteiger partial charge in [0.05, 0.1) is 5.69 Å². The fraction of sp³-hybridized carbons (Fsp3) is 0.304. The van der Waals surface area contributed by atoms with Crippen molar-refractivity contribution < 1.29 is 9.47 Å². The summed E-state index contributed by atoms with van der Waals surface area (Å²) in [7, 11) is 0. The van der Waals surface area contributed by atoms with Crippen molar-refractivity contribution >= 4 is 0 Å². The van der Waals surface area contributed by atoms with Crippen LogP contribution in [0.25, 0.3) is 5.69 Å². The van der Waals surface area contributed by atoms with Crippen LogP contribution in [0.2, 0.25) is 0 Å². The second-order valence-corrected chi connectivity index (χ2v) is 7.22. The summed E-state index contributed by atoms with van der Waals surface area (Å²) in [4.78, 5) is 19.2. The highest BCUT2D eigenvalue weighted by Gasteiger charge is 2.12. The SMILES string of the molecule is Cc1ccc(COc2ccn(-c3ccc(OCCN4CCC4)cc3)c(=O)c2)nc1. The van der Waals surface area contributed by atoms with Crippen LogP contribution in [0, 0.1) is 6.92 Å². The highest BCUT2D eigenvalue weighted by Crippen LogP contribution is 2.16. The average Bonchev–Trinajstić information content (AvgIpc) is 2.70. The molecule has 1 aromatic carbocycles. The fourth-order valence-electron chi connectivity index (χ4n) is 3.11. The van der Waals surface area contributed by atoms with Crippen LogP contribution in [0.5, 0.6) is 11.5 Å². The minimum Gasteiger partial charge on any atom is -0.492 e. The van der Waals surface area contributed by atoms with Crippen molar-refractivity contribution in [3.05, 3.63) is 82.5 Å². The molecule has 150 valence electrons. The molecule has 0 saturated carbocycles. The number of ether oxygens (including phenoxy) is 2. The zero-order valence-electron chi connectivity index (χ0n) is 16.6. The standard InChI is InChI=1S/C23H25N3O3/c1-18-3-4-19(24-16-18)17-29-22-9-12-26(23(27)15-22)20-5-7-21(8-6-20)28-14-13-25-10-2-11-25/h3-9,12,15-16H,2,10-11,13-14,17H2,1H3. The second-order valence-electron chi connectivity index (χ2n) is 7.22. The van der Waals surface area contributed by atoms with Gasteiger partial charge < -0.3 is 9.47 Å². The molecule has 0 spiro atoms. The van der Waals surface area contributed by atoms with Gasteiger partial charge in [-0.05, 0) is 68.4 Å². The van der Waals surface area contributed by atoms with Crippen LogP contribution in [0.4, 0.5) is 0 Å². The molecule has 1 aliphatic heterocycles. The Morgan fingerprint density at radius 3 is 2.48 bits per heavy atom. The third-order valence-electron chi connectivity index (χ3n) is 4.99. The van der Waals surface area contributed by atoms with E-state index < -0.39 is 0 Å². The normalized spacial score (nSPS) is 13.7. The van der Waals surface area contributed by atoms with Gasteiger partial charge in [0.25, 0.3) is 5.56 Å². The Morgan fingerprint density at radius 1 is 1.00 bits per heavy atom. The molecule has 3 heterocycles. The highest BCUT2D eigenvalue weighted by molar-refractivity contribution is 5.38. The predicted molar refractivity (Wildman–Crippen MR) is 112 cm³/mol. The quantitative estimate of drug-likeness (QED) is 0.590. The van der Waals surface area contributed by atoms with Crippen molar-refractivity contribution in [3.63, 3.8) is 0 Å². The summed E-state index contributed by atoms with van der Waals surface area (Å²) in [5.74, 6) is 1.34. The number of rotatable bonds is 8. The van der Waals surface area contributed by atoms with Gasteiger partial charge in [0, 0.05) is 30.7 Å². The first-order valence-corrected chi connectivity index (χ1v) is 9.90. The number of aromatic nitrogens is 2. The van der Waals surface area contributed by atoms with E-state index in [1.54, 1.807) is 23.0 Å². The van der Waals surface area contributed by atoms with E-state index in [1.807, 2.05) is 43.3 Å². The minimum absolute atomic E-state index is 0.147. The molecule has 0 amide bonds. The Hall–Kier alpha value is -3.12. The molecule has 1 fully saturated rings. The summed E-state index contributed by atoms with van der Waals surface area (Å²) in [6.45, 7) is 6.30. The Bertz CT molecular complexity index is 993. The zero-order valence-corrected chi connectivity index (χ0v) is 16.6. The van der Waals surface area contributed by atoms with Gasteiger partial charge in [0.15, 0.2) is 0 Å². The third kappa shape index (κ3) is 5.03. The average molecular weight is 391 g/mol. The minimum atomic E-state index is -0.147. The Kier molecular flexibility index (Phi) is 5.91. The van der Waals surface area contributed by atoms with Gasteiger partial charge in [-0.3, -0.25) is 19.2 Å². The Morgan fingerprint density at radius 2 is 1.83 bits per heavy atom. The summed E-state index contributed by atoms with van der Waals surface area (Å²) in [5, 5.41) is 0. The van der Waals surface area contributed by atoms with Crippen molar-refractivity contribution in [2.75, 3.05) is 26.2 Å². The van der Waals surface area contributed by atoms with Gasteiger partial charge in [-0.2, -0.15) is 0 Å². The molecule has 1 aliphatic rings. The Labute approximate surface area is 170 Å². The van der Waals surface area contributed by atoms with Gasteiger partial charge >= 0.3 is 0 Å². The molecular formula is C23H25N3O3. The molecule has 6 nitrogen and oxygen atoms in total. The molecule has 0 unspecified atom stereocenters. The van der Waals surface area contributed by atoms with Crippen LogP contribution in [-0.2, 0) is 6.61 Å². The van der Waals surface area contributed by atoms with Crippen LogP contribution in [0.3, 0.4) is 0 Å². The fourth-order valence-corrected chi connectivity index (χ4v) is 3.11. The largest absolute Gasteiger partial charge is 0.492 e. The molecule has 0 atom stereocenters. The molecule has 4 rings (SSSR count). The maximum absolute atomic E-state index is 12.5. The number of likely N-dealkylation sites (tertiary alicyclic amines) is 1. The maximum atomic E-state index is 12.5. The maximum Gasteiger partial charge on any atom is 0.258 e. The topological polar surface area (TPSA) is 56.6 Å². The van der Waals surface area contributed by atoms with Crippen LogP contribution in [0.1, 0.15) is 17.7 Å². The predicted octanol–water partition coefficient (Wildman–Crippen LogP) is 3.20. The molecular weight excluding hydrogens is 366 g/mol. The molecule has 0 radical (unpaired) electrons. The lowest BCUT2D eigenvalue weighted by atomic mass is 10.2. The first-order chi connectivity index (χ1) is 14.2. The van der Waals surface area contributed by atoms with Crippen molar-refractivity contribution in [2.24, 2.45) is 0 Å². The lowest BCUT2D eigenvalue weighted by Gasteiger charge is -2.30. The monoisotopic (exact) mass is 391 g/mol. The van der Waals surface area contributed by atoms with Gasteiger partial charge in [-0.1, -0.05) is 6.07 Å². The molecule has 6 heteroatoms. The summed E-state index contributed by atoms with van der Waals surface area (Å²) in [6, 6.07) is 14.7. The van der Waals surface area contributed by atoms with Crippen molar-refractivity contribution in [3.8, 4) is 17.2 Å². The van der Waals surface area contributed by atoms with Gasteiger partial charge in [0.1, 0.15) is 24.7 Å². The number of nitrogens with zero attached hydrogens (tertiary/aromatic N) is 3.